The maximum absolute atomic E-state index is 11.2. The Morgan fingerprint density at radius 1 is 1.33 bits per heavy atom. The van der Waals surface area contributed by atoms with E-state index in [-0.39, 0.29) is 16.9 Å². The van der Waals surface area contributed by atoms with Crippen LogP contribution in [-0.4, -0.2) is 21.7 Å². The molecular formula is C16H15NO4. The average molecular weight is 285 g/mol. The molecule has 0 spiro atoms. The molecule has 0 bridgehead atoms. The summed E-state index contributed by atoms with van der Waals surface area (Å²) in [7, 11) is 0. The summed E-state index contributed by atoms with van der Waals surface area (Å²) in [5.41, 5.74) is 0.838. The Bertz CT molecular complexity index is 709. The Balaban J connectivity index is 1.98. The molecule has 1 aliphatic rings. The second kappa shape index (κ2) is 4.77. The van der Waals surface area contributed by atoms with Crippen LogP contribution in [-0.2, 0) is 6.42 Å². The summed E-state index contributed by atoms with van der Waals surface area (Å²) in [6.45, 7) is 4.01. The Kier molecular flexibility index (Phi) is 3.05. The number of carbonyl (C=O) groups is 1. The molecule has 1 N–H and O–H groups in total. The van der Waals surface area contributed by atoms with Gasteiger partial charge in [0.2, 0.25) is 0 Å². The first-order valence-electron chi connectivity index (χ1n) is 6.62. The van der Waals surface area contributed by atoms with E-state index in [1.54, 1.807) is 6.07 Å². The van der Waals surface area contributed by atoms with Gasteiger partial charge in [-0.1, -0.05) is 12.1 Å². The van der Waals surface area contributed by atoms with E-state index >= 15 is 0 Å². The number of aromatic carboxylic acids is 1. The van der Waals surface area contributed by atoms with Crippen LogP contribution < -0.4 is 9.47 Å². The van der Waals surface area contributed by atoms with Gasteiger partial charge in [0.05, 0.1) is 6.20 Å². The summed E-state index contributed by atoms with van der Waals surface area (Å²) < 4.78 is 11.6. The van der Waals surface area contributed by atoms with E-state index in [2.05, 4.69) is 4.98 Å². The van der Waals surface area contributed by atoms with Crippen LogP contribution in [0.1, 0.15) is 29.8 Å². The van der Waals surface area contributed by atoms with Gasteiger partial charge in [0, 0.05) is 18.2 Å². The van der Waals surface area contributed by atoms with Crippen LogP contribution >= 0.6 is 0 Å². The molecule has 2 heterocycles. The summed E-state index contributed by atoms with van der Waals surface area (Å²) in [5, 5.41) is 9.18. The minimum Gasteiger partial charge on any atom is -0.483 e. The number of hydrogen-bond acceptors (Lipinski definition) is 4. The van der Waals surface area contributed by atoms with Crippen molar-refractivity contribution in [1.29, 1.82) is 0 Å². The standard InChI is InChI=1S/C16H15NO4/c1-16(2)8-10-4-3-5-12(14(10)21-16)20-13-9-17-7-6-11(13)15(18)19/h3-7,9H,8H2,1-2H3,(H,18,19). The molecule has 1 aromatic carbocycles. The molecule has 0 radical (unpaired) electrons. The first-order chi connectivity index (χ1) is 9.96. The minimum absolute atomic E-state index is 0.0693. The zero-order valence-corrected chi connectivity index (χ0v) is 11.8. The van der Waals surface area contributed by atoms with Crippen molar-refractivity contribution in [3.8, 4) is 17.2 Å². The molecule has 3 rings (SSSR count). The zero-order valence-electron chi connectivity index (χ0n) is 11.8. The molecule has 1 aliphatic heterocycles. The number of nitrogens with zero attached hydrogens (tertiary/aromatic N) is 1. The topological polar surface area (TPSA) is 68.7 Å². The Hall–Kier alpha value is -2.56. The number of pyridine rings is 1. The number of aromatic nitrogens is 1. The van der Waals surface area contributed by atoms with Crippen molar-refractivity contribution < 1.29 is 19.4 Å². The van der Waals surface area contributed by atoms with Gasteiger partial charge in [0.1, 0.15) is 11.2 Å². The number of hydrogen-bond donors (Lipinski definition) is 1. The van der Waals surface area contributed by atoms with Crippen molar-refractivity contribution in [3.05, 3.63) is 47.8 Å². The number of carboxylic acid groups (broad SMARTS) is 1. The summed E-state index contributed by atoms with van der Waals surface area (Å²) in [6.07, 6.45) is 3.60. The van der Waals surface area contributed by atoms with Crippen LogP contribution in [0.3, 0.4) is 0 Å². The maximum atomic E-state index is 11.2. The molecule has 0 atom stereocenters. The molecule has 0 fully saturated rings. The van der Waals surface area contributed by atoms with Gasteiger partial charge in [-0.05, 0) is 26.0 Å². The van der Waals surface area contributed by atoms with Gasteiger partial charge in [0.25, 0.3) is 0 Å². The van der Waals surface area contributed by atoms with Crippen LogP contribution in [0, 0.1) is 0 Å². The van der Waals surface area contributed by atoms with Crippen molar-refractivity contribution in [1.82, 2.24) is 4.98 Å². The van der Waals surface area contributed by atoms with E-state index in [0.29, 0.717) is 11.5 Å². The van der Waals surface area contributed by atoms with Gasteiger partial charge >= 0.3 is 5.97 Å². The summed E-state index contributed by atoms with van der Waals surface area (Å²) in [6, 6.07) is 7.03. The molecule has 0 amide bonds. The minimum atomic E-state index is -1.05. The van der Waals surface area contributed by atoms with Crippen molar-refractivity contribution >= 4 is 5.97 Å². The second-order valence-electron chi connectivity index (χ2n) is 5.56. The number of para-hydroxylation sites is 1. The van der Waals surface area contributed by atoms with Crippen LogP contribution in [0.15, 0.2) is 36.7 Å². The van der Waals surface area contributed by atoms with Gasteiger partial charge in [-0.25, -0.2) is 4.79 Å². The molecular weight excluding hydrogens is 270 g/mol. The molecule has 2 aromatic rings. The predicted octanol–water partition coefficient (Wildman–Crippen LogP) is 3.29. The number of carboxylic acids is 1. The third-order valence-corrected chi connectivity index (χ3v) is 3.29. The van der Waals surface area contributed by atoms with E-state index in [0.717, 1.165) is 12.0 Å². The van der Waals surface area contributed by atoms with Crippen molar-refractivity contribution in [2.75, 3.05) is 0 Å². The van der Waals surface area contributed by atoms with Gasteiger partial charge in [-0.3, -0.25) is 4.98 Å². The third-order valence-electron chi connectivity index (χ3n) is 3.29. The van der Waals surface area contributed by atoms with Crippen LogP contribution in [0.5, 0.6) is 17.2 Å². The van der Waals surface area contributed by atoms with E-state index in [1.165, 1.54) is 18.5 Å². The monoisotopic (exact) mass is 285 g/mol. The summed E-state index contributed by atoms with van der Waals surface area (Å²) >= 11 is 0. The molecule has 21 heavy (non-hydrogen) atoms. The van der Waals surface area contributed by atoms with E-state index < -0.39 is 5.97 Å². The lowest BCUT2D eigenvalue weighted by Gasteiger charge is -2.18. The maximum Gasteiger partial charge on any atom is 0.339 e. The van der Waals surface area contributed by atoms with Crippen LogP contribution in [0.4, 0.5) is 0 Å². The highest BCUT2D eigenvalue weighted by Gasteiger charge is 2.32. The third kappa shape index (κ3) is 2.54. The molecule has 0 unspecified atom stereocenters. The molecule has 5 nitrogen and oxygen atoms in total. The Morgan fingerprint density at radius 3 is 2.90 bits per heavy atom. The fraction of sp³-hybridized carbons (Fsp3) is 0.250. The first-order valence-corrected chi connectivity index (χ1v) is 6.62. The lowest BCUT2D eigenvalue weighted by atomic mass is 10.0. The number of rotatable bonds is 3. The second-order valence-corrected chi connectivity index (χ2v) is 5.56. The first kappa shape index (κ1) is 13.4. The Labute approximate surface area is 122 Å². The highest BCUT2D eigenvalue weighted by molar-refractivity contribution is 5.90. The number of fused-ring (bicyclic) bond motifs is 1. The fourth-order valence-electron chi connectivity index (χ4n) is 2.42. The molecule has 1 aromatic heterocycles. The molecule has 0 saturated carbocycles. The van der Waals surface area contributed by atoms with Crippen molar-refractivity contribution in [2.45, 2.75) is 25.9 Å². The van der Waals surface area contributed by atoms with E-state index in [4.69, 9.17) is 9.47 Å². The number of benzene rings is 1. The van der Waals surface area contributed by atoms with E-state index in [9.17, 15) is 9.90 Å². The summed E-state index contributed by atoms with van der Waals surface area (Å²) in [4.78, 5) is 15.1. The summed E-state index contributed by atoms with van der Waals surface area (Å²) in [5.74, 6) is 0.323. The quantitative estimate of drug-likeness (QED) is 0.937. The molecule has 0 aliphatic carbocycles. The molecule has 108 valence electrons. The SMILES string of the molecule is CC1(C)Cc2cccc(Oc3cnccc3C(=O)O)c2O1. The predicted molar refractivity (Wildman–Crippen MR) is 76.1 cm³/mol. The van der Waals surface area contributed by atoms with Gasteiger partial charge in [0.15, 0.2) is 17.2 Å². The molecule has 0 saturated heterocycles. The van der Waals surface area contributed by atoms with Gasteiger partial charge in [-0.2, -0.15) is 0 Å². The molecule has 5 heteroatoms. The highest BCUT2D eigenvalue weighted by Crippen LogP contribution is 2.43. The van der Waals surface area contributed by atoms with Crippen LogP contribution in [0.2, 0.25) is 0 Å². The number of ether oxygens (including phenoxy) is 2. The fourth-order valence-corrected chi connectivity index (χ4v) is 2.42. The largest absolute Gasteiger partial charge is 0.483 e. The van der Waals surface area contributed by atoms with Gasteiger partial charge < -0.3 is 14.6 Å². The zero-order chi connectivity index (χ0) is 15.0. The van der Waals surface area contributed by atoms with Crippen LogP contribution in [0.25, 0.3) is 0 Å². The normalized spacial score (nSPS) is 15.1. The smallest absolute Gasteiger partial charge is 0.339 e. The van der Waals surface area contributed by atoms with E-state index in [1.807, 2.05) is 26.0 Å². The lowest BCUT2D eigenvalue weighted by Crippen LogP contribution is -2.24. The average Bonchev–Trinajstić information content (AvgIpc) is 2.74. The highest BCUT2D eigenvalue weighted by atomic mass is 16.5. The van der Waals surface area contributed by atoms with Crippen molar-refractivity contribution in [3.63, 3.8) is 0 Å². The van der Waals surface area contributed by atoms with Crippen molar-refractivity contribution in [2.24, 2.45) is 0 Å². The van der Waals surface area contributed by atoms with Gasteiger partial charge in [-0.15, -0.1) is 0 Å². The lowest BCUT2D eigenvalue weighted by molar-refractivity contribution is 0.0693. The Morgan fingerprint density at radius 2 is 2.14 bits per heavy atom.